The number of nitrogens with zero attached hydrogens (tertiary/aromatic N) is 1. The van der Waals surface area contributed by atoms with Crippen LogP contribution in [-0.4, -0.2) is 32.8 Å². The van der Waals surface area contributed by atoms with E-state index in [0.717, 1.165) is 18.3 Å². The third-order valence-electron chi connectivity index (χ3n) is 2.69. The van der Waals surface area contributed by atoms with E-state index in [9.17, 15) is 8.96 Å². The molecule has 0 aliphatic heterocycles. The fourth-order valence-corrected chi connectivity index (χ4v) is 3.27. The lowest BCUT2D eigenvalue weighted by Gasteiger charge is -2.33. The molecule has 1 N–H and O–H groups in total. The molecule has 1 rings (SSSR count). The van der Waals surface area contributed by atoms with Crippen molar-refractivity contribution in [1.82, 2.24) is 0 Å². The number of benzene rings is 1. The number of hydrogen-bond donors (Lipinski definition) is 1. The molecule has 0 saturated carbocycles. The Kier molecular flexibility index (Phi) is 5.20. The predicted octanol–water partition coefficient (Wildman–Crippen LogP) is 2.57. The zero-order valence-corrected chi connectivity index (χ0v) is 11.6. The van der Waals surface area contributed by atoms with Crippen LogP contribution in [0.15, 0.2) is 29.4 Å². The van der Waals surface area contributed by atoms with Crippen LogP contribution in [0, 0.1) is 5.82 Å². The van der Waals surface area contributed by atoms with E-state index in [4.69, 9.17) is 19.0 Å². The Hall–Kier alpha value is -1.27. The maximum absolute atomic E-state index is 13.0. The Bertz CT molecular complexity index is 484. The highest BCUT2D eigenvalue weighted by molar-refractivity contribution is 7.56. The van der Waals surface area contributed by atoms with Crippen LogP contribution in [0.3, 0.4) is 0 Å². The highest BCUT2D eigenvalue weighted by Gasteiger charge is 2.52. The van der Waals surface area contributed by atoms with Crippen molar-refractivity contribution in [3.05, 3.63) is 35.6 Å². The maximum Gasteiger partial charge on any atom is 0.372 e. The van der Waals surface area contributed by atoms with Crippen molar-refractivity contribution in [2.75, 3.05) is 21.3 Å². The lowest BCUT2D eigenvalue weighted by Crippen LogP contribution is -2.32. The van der Waals surface area contributed by atoms with Crippen molar-refractivity contribution in [3.8, 4) is 0 Å². The molecule has 8 heteroatoms. The molecular formula is C11H15FNO5P. The smallest absolute Gasteiger partial charge is 0.372 e. The summed E-state index contributed by atoms with van der Waals surface area (Å²) in [5, 5.41) is 9.89. The largest absolute Gasteiger partial charge is 0.411 e. The number of halogens is 1. The molecule has 0 spiro atoms. The van der Waals surface area contributed by atoms with Gasteiger partial charge in [0.05, 0.1) is 6.21 Å². The van der Waals surface area contributed by atoms with Gasteiger partial charge in [-0.3, -0.25) is 4.57 Å². The molecule has 0 heterocycles. The third kappa shape index (κ3) is 2.69. The van der Waals surface area contributed by atoms with Gasteiger partial charge in [0.25, 0.3) is 0 Å². The molecular weight excluding hydrogens is 276 g/mol. The summed E-state index contributed by atoms with van der Waals surface area (Å²) in [6, 6.07) is 4.99. The molecule has 6 nitrogen and oxygen atoms in total. The second kappa shape index (κ2) is 6.25. The van der Waals surface area contributed by atoms with Crippen molar-refractivity contribution in [2.45, 2.75) is 5.34 Å². The van der Waals surface area contributed by atoms with Crippen molar-refractivity contribution in [2.24, 2.45) is 5.16 Å². The third-order valence-corrected chi connectivity index (χ3v) is 5.02. The quantitative estimate of drug-likeness (QED) is 0.377. The first-order chi connectivity index (χ1) is 8.99. The molecule has 1 unspecified atom stereocenters. The predicted molar refractivity (Wildman–Crippen MR) is 67.0 cm³/mol. The number of methoxy groups -OCH3 is 1. The first-order valence-electron chi connectivity index (χ1n) is 5.21. The fourth-order valence-electron chi connectivity index (χ4n) is 1.70. The lowest BCUT2D eigenvalue weighted by atomic mass is 10.1. The average molecular weight is 291 g/mol. The van der Waals surface area contributed by atoms with Gasteiger partial charge in [0.15, 0.2) is 0 Å². The molecule has 1 aromatic rings. The monoisotopic (exact) mass is 291 g/mol. The molecule has 0 radical (unpaired) electrons. The van der Waals surface area contributed by atoms with Gasteiger partial charge in [0.1, 0.15) is 5.82 Å². The molecule has 19 heavy (non-hydrogen) atoms. The first kappa shape index (κ1) is 15.8. The van der Waals surface area contributed by atoms with Gasteiger partial charge in [-0.2, -0.15) is 0 Å². The van der Waals surface area contributed by atoms with Gasteiger partial charge in [0, 0.05) is 26.9 Å². The zero-order chi connectivity index (χ0) is 14.5. The van der Waals surface area contributed by atoms with Crippen LogP contribution in [0.1, 0.15) is 5.56 Å². The molecule has 1 atom stereocenters. The summed E-state index contributed by atoms with van der Waals surface area (Å²) in [5.41, 5.74) is 0.265. The summed E-state index contributed by atoms with van der Waals surface area (Å²) >= 11 is 0. The van der Waals surface area contributed by atoms with Crippen LogP contribution in [-0.2, 0) is 23.7 Å². The maximum atomic E-state index is 13.0. The van der Waals surface area contributed by atoms with E-state index < -0.39 is 18.8 Å². The van der Waals surface area contributed by atoms with E-state index in [0.29, 0.717) is 0 Å². The summed E-state index contributed by atoms with van der Waals surface area (Å²) in [7, 11) is -0.237. The second-order valence-electron chi connectivity index (χ2n) is 3.51. The Morgan fingerprint density at radius 1 is 1.26 bits per heavy atom. The molecule has 1 aromatic carbocycles. The van der Waals surface area contributed by atoms with Crippen molar-refractivity contribution < 1.29 is 27.9 Å². The Morgan fingerprint density at radius 3 is 2.16 bits per heavy atom. The zero-order valence-electron chi connectivity index (χ0n) is 10.7. The van der Waals surface area contributed by atoms with Gasteiger partial charge in [-0.25, -0.2) is 4.39 Å². The summed E-state index contributed by atoms with van der Waals surface area (Å²) in [6.45, 7) is 0. The number of oxime groups is 1. The van der Waals surface area contributed by atoms with E-state index in [1.165, 1.54) is 33.5 Å². The van der Waals surface area contributed by atoms with Crippen molar-refractivity contribution >= 4 is 13.8 Å². The number of hydrogen-bond acceptors (Lipinski definition) is 6. The Labute approximate surface area is 110 Å². The molecule has 0 bridgehead atoms. The molecule has 0 aliphatic carbocycles. The SMILES string of the molecule is COC(/C=N/O)(c1ccc(F)cc1)P(=O)(OC)OC. The minimum Gasteiger partial charge on any atom is -0.411 e. The van der Waals surface area contributed by atoms with Crippen LogP contribution >= 0.6 is 7.60 Å². The molecule has 0 amide bonds. The summed E-state index contributed by atoms with van der Waals surface area (Å²) in [6.07, 6.45) is 0.883. The van der Waals surface area contributed by atoms with Crippen molar-refractivity contribution in [3.63, 3.8) is 0 Å². The Balaban J connectivity index is 3.51. The number of ether oxygens (including phenoxy) is 1. The molecule has 0 aromatic heterocycles. The van der Waals surface area contributed by atoms with Gasteiger partial charge in [-0.1, -0.05) is 17.3 Å². The second-order valence-corrected chi connectivity index (χ2v) is 5.90. The first-order valence-corrected chi connectivity index (χ1v) is 6.75. The van der Waals surface area contributed by atoms with Gasteiger partial charge in [0.2, 0.25) is 5.34 Å². The molecule has 106 valence electrons. The molecule has 0 aliphatic rings. The highest BCUT2D eigenvalue weighted by Crippen LogP contribution is 2.63. The summed E-state index contributed by atoms with van der Waals surface area (Å²) in [4.78, 5) is 0. The van der Waals surface area contributed by atoms with E-state index >= 15 is 0 Å². The standard InChI is InChI=1S/C11H15FNO5P/c1-16-11(8-13-14,19(15,17-2)18-3)9-4-6-10(12)7-5-9/h4-8,14H,1-3H3/b13-8+. The van der Waals surface area contributed by atoms with Crippen LogP contribution in [0.5, 0.6) is 0 Å². The van der Waals surface area contributed by atoms with Crippen LogP contribution in [0.25, 0.3) is 0 Å². The fraction of sp³-hybridized carbons (Fsp3) is 0.364. The van der Waals surface area contributed by atoms with E-state index in [1.54, 1.807) is 0 Å². The Morgan fingerprint density at radius 2 is 1.79 bits per heavy atom. The van der Waals surface area contributed by atoms with Gasteiger partial charge in [-0.05, 0) is 12.1 Å². The van der Waals surface area contributed by atoms with E-state index in [2.05, 4.69) is 5.16 Å². The number of rotatable bonds is 6. The average Bonchev–Trinajstić information content (AvgIpc) is 2.45. The van der Waals surface area contributed by atoms with Crippen LogP contribution < -0.4 is 0 Å². The van der Waals surface area contributed by atoms with Gasteiger partial charge in [-0.15, -0.1) is 0 Å². The summed E-state index contributed by atoms with van der Waals surface area (Å²) < 4.78 is 40.6. The topological polar surface area (TPSA) is 77.4 Å². The van der Waals surface area contributed by atoms with E-state index in [1.807, 2.05) is 0 Å². The highest BCUT2D eigenvalue weighted by atomic mass is 31.2. The minimum atomic E-state index is -3.83. The van der Waals surface area contributed by atoms with Crippen molar-refractivity contribution in [1.29, 1.82) is 0 Å². The van der Waals surface area contributed by atoms with E-state index in [-0.39, 0.29) is 5.56 Å². The lowest BCUT2D eigenvalue weighted by molar-refractivity contribution is 0.0805. The molecule has 0 fully saturated rings. The normalized spacial score (nSPS) is 15.6. The van der Waals surface area contributed by atoms with Gasteiger partial charge >= 0.3 is 7.60 Å². The minimum absolute atomic E-state index is 0.265. The van der Waals surface area contributed by atoms with Crippen LogP contribution in [0.4, 0.5) is 4.39 Å². The van der Waals surface area contributed by atoms with Crippen LogP contribution in [0.2, 0.25) is 0 Å². The van der Waals surface area contributed by atoms with Gasteiger partial charge < -0.3 is 19.0 Å². The summed E-state index contributed by atoms with van der Waals surface area (Å²) in [5.74, 6) is -0.473. The molecule has 0 saturated heterocycles.